The Morgan fingerprint density at radius 1 is 0.878 bits per heavy atom. The van der Waals surface area contributed by atoms with Crippen LogP contribution in [0, 0.1) is 6.92 Å². The van der Waals surface area contributed by atoms with Crippen molar-refractivity contribution in [2.75, 3.05) is 17.4 Å². The van der Waals surface area contributed by atoms with Gasteiger partial charge in [-0.2, -0.15) is 13.2 Å². The topological polar surface area (TPSA) is 86.8 Å². The van der Waals surface area contributed by atoms with Crippen molar-refractivity contribution in [2.24, 2.45) is 0 Å². The van der Waals surface area contributed by atoms with Gasteiger partial charge in [-0.15, -0.1) is 0 Å². The summed E-state index contributed by atoms with van der Waals surface area (Å²) in [4.78, 5) is 29.3. The van der Waals surface area contributed by atoms with E-state index in [1.54, 1.807) is 55.5 Å². The number of alkyl halides is 3. The summed E-state index contributed by atoms with van der Waals surface area (Å²) >= 11 is 12.1. The predicted molar refractivity (Wildman–Crippen MR) is 186 cm³/mol. The molecule has 0 unspecified atom stereocenters. The number of aryl methyl sites for hydroxylation is 1. The summed E-state index contributed by atoms with van der Waals surface area (Å²) < 4.78 is 70.8. The second-order valence-electron chi connectivity index (χ2n) is 11.5. The fraction of sp³-hybridized carbons (Fsp3) is 0.278. The highest BCUT2D eigenvalue weighted by Gasteiger charge is 2.37. The normalized spacial score (nSPS) is 12.3. The minimum absolute atomic E-state index is 0.0784. The molecule has 1 N–H and O–H groups in total. The summed E-state index contributed by atoms with van der Waals surface area (Å²) in [5.41, 5.74) is 0.340. The maximum absolute atomic E-state index is 14.5. The molecule has 4 rings (SSSR count). The van der Waals surface area contributed by atoms with E-state index >= 15 is 0 Å². The number of carbonyl (C=O) groups is 2. The molecule has 13 heteroatoms. The maximum Gasteiger partial charge on any atom is 0.417 e. The Balaban J connectivity index is 1.85. The fourth-order valence-corrected chi connectivity index (χ4v) is 6.99. The molecule has 0 saturated carbocycles. The first-order valence-electron chi connectivity index (χ1n) is 15.5. The van der Waals surface area contributed by atoms with Gasteiger partial charge in [0.05, 0.1) is 21.2 Å². The van der Waals surface area contributed by atoms with Crippen LogP contribution >= 0.6 is 23.2 Å². The number of anilines is 1. The lowest BCUT2D eigenvalue weighted by molar-refractivity contribution is -0.140. The Hall–Kier alpha value is -4.06. The molecule has 260 valence electrons. The monoisotopic (exact) mass is 733 g/mol. The van der Waals surface area contributed by atoms with Crippen LogP contribution in [0.2, 0.25) is 10.0 Å². The Labute approximate surface area is 294 Å². The van der Waals surface area contributed by atoms with Gasteiger partial charge in [-0.3, -0.25) is 13.9 Å². The van der Waals surface area contributed by atoms with Crippen molar-refractivity contribution in [3.05, 3.63) is 129 Å². The summed E-state index contributed by atoms with van der Waals surface area (Å²) in [7, 11) is -4.62. The highest BCUT2D eigenvalue weighted by Crippen LogP contribution is 2.38. The summed E-state index contributed by atoms with van der Waals surface area (Å²) in [6.45, 7) is 2.98. The second kappa shape index (κ2) is 16.6. The predicted octanol–water partition coefficient (Wildman–Crippen LogP) is 8.07. The molecule has 4 aromatic carbocycles. The van der Waals surface area contributed by atoms with E-state index in [0.717, 1.165) is 29.7 Å². The number of unbranched alkanes of at least 4 members (excludes halogenated alkanes) is 1. The molecule has 0 radical (unpaired) electrons. The number of amides is 2. The van der Waals surface area contributed by atoms with Crippen LogP contribution in [0.4, 0.5) is 18.9 Å². The molecule has 2 amide bonds. The molecule has 0 aliphatic rings. The van der Waals surface area contributed by atoms with Crippen molar-refractivity contribution >= 4 is 50.7 Å². The zero-order valence-electron chi connectivity index (χ0n) is 26.9. The number of hydrogen-bond donors (Lipinski definition) is 1. The summed E-state index contributed by atoms with van der Waals surface area (Å²) in [6.07, 6.45) is -3.34. The van der Waals surface area contributed by atoms with Crippen LogP contribution in [0.3, 0.4) is 0 Å². The molecule has 0 bridgehead atoms. The van der Waals surface area contributed by atoms with Crippen LogP contribution in [-0.2, 0) is 38.8 Å². The largest absolute Gasteiger partial charge is 0.417 e. The van der Waals surface area contributed by atoms with E-state index < -0.39 is 56.9 Å². The van der Waals surface area contributed by atoms with Gasteiger partial charge in [0, 0.05) is 24.5 Å². The molecule has 0 aliphatic heterocycles. The number of carbonyl (C=O) groups excluding carboxylic acids is 2. The Kier molecular flexibility index (Phi) is 12.8. The van der Waals surface area contributed by atoms with Crippen LogP contribution in [-0.4, -0.2) is 44.3 Å². The standard InChI is InChI=1S/C36H36Cl2F3N3O4S/c1-3-4-19-42-35(46)33(21-26-9-6-5-7-10-26)43(23-27-11-8-12-28(37)20-27)34(45)24-44(49(47,48)30-16-13-25(2)14-17-30)29-15-18-32(38)31(22-29)36(39,40)41/h5-18,20,22,33H,3-4,19,21,23-24H2,1-2H3,(H,42,46)/t33-/m1/s1. The first kappa shape index (κ1) is 37.8. The third-order valence-electron chi connectivity index (χ3n) is 7.77. The van der Waals surface area contributed by atoms with E-state index in [4.69, 9.17) is 23.2 Å². The van der Waals surface area contributed by atoms with E-state index in [-0.39, 0.29) is 17.9 Å². The summed E-state index contributed by atoms with van der Waals surface area (Å²) in [5, 5.41) is 2.62. The SMILES string of the molecule is CCCCNC(=O)[C@@H](Cc1ccccc1)N(Cc1cccc(Cl)c1)C(=O)CN(c1ccc(Cl)c(C(F)(F)F)c1)S(=O)(=O)c1ccc(C)cc1. The number of hydrogen-bond acceptors (Lipinski definition) is 4. The summed E-state index contributed by atoms with van der Waals surface area (Å²) in [6, 6.07) is 22.9. The van der Waals surface area contributed by atoms with Gasteiger partial charge in [0.2, 0.25) is 11.8 Å². The number of halogens is 5. The zero-order chi connectivity index (χ0) is 35.8. The Morgan fingerprint density at radius 2 is 1.55 bits per heavy atom. The molecule has 0 aliphatic carbocycles. The fourth-order valence-electron chi connectivity index (χ4n) is 5.14. The quantitative estimate of drug-likeness (QED) is 0.133. The van der Waals surface area contributed by atoms with Crippen LogP contribution in [0.1, 0.15) is 42.0 Å². The second-order valence-corrected chi connectivity index (χ2v) is 14.2. The third kappa shape index (κ3) is 9.99. The molecule has 0 fully saturated rings. The van der Waals surface area contributed by atoms with E-state index in [9.17, 15) is 31.2 Å². The first-order valence-corrected chi connectivity index (χ1v) is 17.7. The maximum atomic E-state index is 14.5. The molecular formula is C36H36Cl2F3N3O4S. The van der Waals surface area contributed by atoms with E-state index in [1.807, 2.05) is 13.0 Å². The highest BCUT2D eigenvalue weighted by molar-refractivity contribution is 7.92. The molecular weight excluding hydrogens is 698 g/mol. The number of nitrogens with zero attached hydrogens (tertiary/aromatic N) is 2. The van der Waals surface area contributed by atoms with Gasteiger partial charge in [-0.05, 0) is 66.9 Å². The van der Waals surface area contributed by atoms with Crippen molar-refractivity contribution in [2.45, 2.75) is 56.8 Å². The molecule has 0 saturated heterocycles. The molecule has 0 spiro atoms. The average Bonchev–Trinajstić information content (AvgIpc) is 3.05. The highest BCUT2D eigenvalue weighted by atomic mass is 35.5. The van der Waals surface area contributed by atoms with Gasteiger partial charge in [-0.25, -0.2) is 8.42 Å². The van der Waals surface area contributed by atoms with Gasteiger partial charge < -0.3 is 10.2 Å². The Morgan fingerprint density at radius 3 is 2.18 bits per heavy atom. The van der Waals surface area contributed by atoms with Gasteiger partial charge in [0.1, 0.15) is 12.6 Å². The lowest BCUT2D eigenvalue weighted by atomic mass is 10.0. The number of benzene rings is 4. The van der Waals surface area contributed by atoms with Crippen molar-refractivity contribution in [1.82, 2.24) is 10.2 Å². The molecule has 1 atom stereocenters. The van der Waals surface area contributed by atoms with Crippen molar-refractivity contribution in [3.63, 3.8) is 0 Å². The van der Waals surface area contributed by atoms with Crippen LogP contribution < -0.4 is 9.62 Å². The lowest BCUT2D eigenvalue weighted by Crippen LogP contribution is -2.53. The van der Waals surface area contributed by atoms with Crippen molar-refractivity contribution in [3.8, 4) is 0 Å². The van der Waals surface area contributed by atoms with E-state index in [2.05, 4.69) is 5.32 Å². The van der Waals surface area contributed by atoms with Crippen molar-refractivity contribution < 1.29 is 31.2 Å². The van der Waals surface area contributed by atoms with Gasteiger partial charge in [-0.1, -0.05) is 96.7 Å². The van der Waals surface area contributed by atoms with Crippen LogP contribution in [0.5, 0.6) is 0 Å². The number of rotatable bonds is 14. The van der Waals surface area contributed by atoms with Gasteiger partial charge in [0.25, 0.3) is 10.0 Å². The number of nitrogens with one attached hydrogen (secondary N) is 1. The van der Waals surface area contributed by atoms with Crippen LogP contribution in [0.25, 0.3) is 0 Å². The van der Waals surface area contributed by atoms with E-state index in [0.29, 0.717) is 33.9 Å². The van der Waals surface area contributed by atoms with Gasteiger partial charge >= 0.3 is 6.18 Å². The first-order chi connectivity index (χ1) is 23.2. The van der Waals surface area contributed by atoms with E-state index in [1.165, 1.54) is 29.2 Å². The minimum Gasteiger partial charge on any atom is -0.354 e. The van der Waals surface area contributed by atoms with Crippen LogP contribution in [0.15, 0.2) is 102 Å². The molecule has 0 heterocycles. The third-order valence-corrected chi connectivity index (χ3v) is 10.1. The summed E-state index contributed by atoms with van der Waals surface area (Å²) in [5.74, 6) is -1.29. The van der Waals surface area contributed by atoms with Gasteiger partial charge in [0.15, 0.2) is 0 Å². The zero-order valence-corrected chi connectivity index (χ0v) is 29.2. The Bertz CT molecular complexity index is 1860. The smallest absolute Gasteiger partial charge is 0.354 e. The number of sulfonamides is 1. The molecule has 4 aromatic rings. The average molecular weight is 735 g/mol. The molecule has 49 heavy (non-hydrogen) atoms. The van der Waals surface area contributed by atoms with Crippen molar-refractivity contribution in [1.29, 1.82) is 0 Å². The molecule has 0 aromatic heterocycles. The minimum atomic E-state index is -4.91. The lowest BCUT2D eigenvalue weighted by Gasteiger charge is -2.34. The molecule has 7 nitrogen and oxygen atoms in total.